The van der Waals surface area contributed by atoms with E-state index in [0.29, 0.717) is 27.8 Å². The Kier molecular flexibility index (Phi) is 6.22. The van der Waals surface area contributed by atoms with E-state index < -0.39 is 15.9 Å². The Labute approximate surface area is 201 Å². The van der Waals surface area contributed by atoms with Crippen LogP contribution in [0.25, 0.3) is 16.6 Å². The number of sulfonamides is 1. The van der Waals surface area contributed by atoms with Gasteiger partial charge in [-0.15, -0.1) is 0 Å². The Bertz CT molecular complexity index is 1640. The number of anilines is 1. The molecule has 0 saturated carbocycles. The molecule has 34 heavy (non-hydrogen) atoms. The molecule has 0 unspecified atom stereocenters. The summed E-state index contributed by atoms with van der Waals surface area (Å²) in [5.41, 5.74) is 1.96. The Morgan fingerprint density at radius 2 is 1.74 bits per heavy atom. The fraction of sp³-hybridized carbons (Fsp3) is 0.125. The normalized spacial score (nSPS) is 11.6. The molecule has 4 rings (SSSR count). The molecule has 174 valence electrons. The Hall–Kier alpha value is -3.60. The average molecular weight is 495 g/mol. The van der Waals surface area contributed by atoms with Crippen molar-refractivity contribution in [3.8, 4) is 5.69 Å². The van der Waals surface area contributed by atoms with Crippen molar-refractivity contribution in [1.82, 2.24) is 13.9 Å². The van der Waals surface area contributed by atoms with Crippen LogP contribution in [0, 0.1) is 11.7 Å². The summed E-state index contributed by atoms with van der Waals surface area (Å²) >= 11 is 5.39. The molecule has 0 atom stereocenters. The maximum Gasteiger partial charge on any atom is 0.266 e. The highest BCUT2D eigenvalue weighted by molar-refractivity contribution is 7.89. The van der Waals surface area contributed by atoms with E-state index in [4.69, 9.17) is 12.2 Å². The quantitative estimate of drug-likeness (QED) is 0.410. The molecule has 1 amide bonds. The Balaban J connectivity index is 1.70. The van der Waals surface area contributed by atoms with E-state index >= 15 is 0 Å². The molecule has 10 heteroatoms. The van der Waals surface area contributed by atoms with Gasteiger partial charge in [-0.1, -0.05) is 24.3 Å². The molecule has 0 aliphatic heterocycles. The van der Waals surface area contributed by atoms with Gasteiger partial charge in [0.05, 0.1) is 21.5 Å². The number of fused-ring (bicyclic) bond motifs is 1. The van der Waals surface area contributed by atoms with E-state index in [1.165, 1.54) is 30.8 Å². The first-order valence-corrected chi connectivity index (χ1v) is 12.1. The van der Waals surface area contributed by atoms with Crippen molar-refractivity contribution < 1.29 is 13.2 Å². The SMILES string of the molecule is Cc1ccc(NC(=O)c2ccc3c(=O)n(-c4ccccc4)c(=S)[nH]c3c2)cc1S(=O)(=O)N(C)C. The second-order valence-corrected chi connectivity index (χ2v) is 10.4. The van der Waals surface area contributed by atoms with E-state index in [0.717, 1.165) is 4.31 Å². The largest absolute Gasteiger partial charge is 0.331 e. The van der Waals surface area contributed by atoms with Crippen LogP contribution in [0.4, 0.5) is 5.69 Å². The molecule has 1 aromatic heterocycles. The number of carbonyl (C=O) groups is 1. The van der Waals surface area contributed by atoms with Crippen molar-refractivity contribution in [1.29, 1.82) is 0 Å². The van der Waals surface area contributed by atoms with Gasteiger partial charge in [0.25, 0.3) is 11.5 Å². The maximum atomic E-state index is 13.1. The smallest absolute Gasteiger partial charge is 0.266 e. The highest BCUT2D eigenvalue weighted by Crippen LogP contribution is 2.23. The monoisotopic (exact) mass is 494 g/mol. The number of carbonyl (C=O) groups excluding carboxylic acids is 1. The zero-order valence-corrected chi connectivity index (χ0v) is 20.3. The lowest BCUT2D eigenvalue weighted by atomic mass is 10.1. The van der Waals surface area contributed by atoms with Crippen LogP contribution in [-0.4, -0.2) is 42.3 Å². The van der Waals surface area contributed by atoms with Gasteiger partial charge in [-0.2, -0.15) is 0 Å². The van der Waals surface area contributed by atoms with Crippen LogP contribution in [0.1, 0.15) is 15.9 Å². The van der Waals surface area contributed by atoms with Gasteiger partial charge in [-0.25, -0.2) is 12.7 Å². The van der Waals surface area contributed by atoms with Crippen molar-refractivity contribution in [3.63, 3.8) is 0 Å². The van der Waals surface area contributed by atoms with Crippen molar-refractivity contribution in [2.24, 2.45) is 0 Å². The maximum absolute atomic E-state index is 13.1. The number of nitrogens with zero attached hydrogens (tertiary/aromatic N) is 2. The van der Waals surface area contributed by atoms with E-state index in [1.54, 1.807) is 43.3 Å². The molecule has 4 aromatic rings. The molecule has 0 aliphatic carbocycles. The van der Waals surface area contributed by atoms with Gasteiger partial charge in [0.15, 0.2) is 4.77 Å². The Morgan fingerprint density at radius 3 is 2.41 bits per heavy atom. The van der Waals surface area contributed by atoms with Crippen LogP contribution < -0.4 is 10.9 Å². The first kappa shape index (κ1) is 23.6. The van der Waals surface area contributed by atoms with Crippen LogP contribution in [0.5, 0.6) is 0 Å². The topological polar surface area (TPSA) is 104 Å². The van der Waals surface area contributed by atoms with Gasteiger partial charge in [-0.3, -0.25) is 14.2 Å². The standard InChI is InChI=1S/C24H22N4O4S2/c1-15-9-11-17(14-21(15)34(31,32)27(2)3)25-22(29)16-10-12-19-20(13-16)26-24(33)28(23(19)30)18-7-5-4-6-8-18/h4-14H,1-3H3,(H,25,29)(H,26,33). The van der Waals surface area contributed by atoms with Gasteiger partial charge < -0.3 is 10.3 Å². The predicted molar refractivity (Wildman–Crippen MR) is 135 cm³/mol. The summed E-state index contributed by atoms with van der Waals surface area (Å²) < 4.78 is 27.9. The van der Waals surface area contributed by atoms with Gasteiger partial charge in [-0.05, 0) is 67.2 Å². The lowest BCUT2D eigenvalue weighted by Gasteiger charge is -2.15. The molecule has 0 radical (unpaired) electrons. The van der Waals surface area contributed by atoms with Crippen LogP contribution >= 0.6 is 12.2 Å². The molecule has 1 heterocycles. The van der Waals surface area contributed by atoms with Crippen LogP contribution in [0.2, 0.25) is 0 Å². The number of aromatic nitrogens is 2. The summed E-state index contributed by atoms with van der Waals surface area (Å²) in [7, 11) is -0.769. The minimum Gasteiger partial charge on any atom is -0.331 e. The minimum atomic E-state index is -3.67. The van der Waals surface area contributed by atoms with Crippen molar-refractivity contribution in [2.75, 3.05) is 19.4 Å². The molecule has 8 nitrogen and oxygen atoms in total. The summed E-state index contributed by atoms with van der Waals surface area (Å²) in [5.74, 6) is -0.453. The van der Waals surface area contributed by atoms with Gasteiger partial charge >= 0.3 is 0 Å². The number of benzene rings is 3. The third-order valence-electron chi connectivity index (χ3n) is 5.38. The fourth-order valence-electron chi connectivity index (χ4n) is 3.53. The number of rotatable bonds is 5. The first-order valence-electron chi connectivity index (χ1n) is 10.3. The first-order chi connectivity index (χ1) is 16.1. The van der Waals surface area contributed by atoms with Crippen LogP contribution in [-0.2, 0) is 10.0 Å². The second-order valence-electron chi connectivity index (χ2n) is 7.89. The highest BCUT2D eigenvalue weighted by Gasteiger charge is 2.21. The molecule has 0 bridgehead atoms. The molecule has 0 saturated heterocycles. The zero-order valence-electron chi connectivity index (χ0n) is 18.7. The number of aryl methyl sites for hydroxylation is 1. The number of para-hydroxylation sites is 1. The minimum absolute atomic E-state index is 0.111. The molecule has 3 aromatic carbocycles. The Morgan fingerprint density at radius 1 is 1.03 bits per heavy atom. The predicted octanol–water partition coefficient (Wildman–Crippen LogP) is 3.86. The number of aromatic amines is 1. The number of amides is 1. The van der Waals surface area contributed by atoms with Gasteiger partial charge in [0, 0.05) is 25.3 Å². The lowest BCUT2D eigenvalue weighted by Crippen LogP contribution is -2.23. The fourth-order valence-corrected chi connectivity index (χ4v) is 4.97. The summed E-state index contributed by atoms with van der Waals surface area (Å²) in [6, 6.07) is 18.4. The summed E-state index contributed by atoms with van der Waals surface area (Å²) in [6.45, 7) is 1.69. The van der Waals surface area contributed by atoms with Gasteiger partial charge in [0.1, 0.15) is 0 Å². The van der Waals surface area contributed by atoms with Crippen LogP contribution in [0.15, 0.2) is 76.4 Å². The van der Waals surface area contributed by atoms with E-state index in [-0.39, 0.29) is 20.8 Å². The van der Waals surface area contributed by atoms with Crippen molar-refractivity contribution in [3.05, 3.63) is 93.0 Å². The molecule has 0 fully saturated rings. The molecular formula is C24H22N4O4S2. The summed E-state index contributed by atoms with van der Waals surface area (Å²) in [6.07, 6.45) is 0. The van der Waals surface area contributed by atoms with Crippen LogP contribution in [0.3, 0.4) is 0 Å². The number of H-pyrrole nitrogens is 1. The molecule has 0 aliphatic rings. The van der Waals surface area contributed by atoms with E-state index in [1.807, 2.05) is 18.2 Å². The zero-order chi connectivity index (χ0) is 24.6. The number of nitrogens with one attached hydrogen (secondary N) is 2. The van der Waals surface area contributed by atoms with E-state index in [9.17, 15) is 18.0 Å². The van der Waals surface area contributed by atoms with Crippen molar-refractivity contribution >= 4 is 44.7 Å². The van der Waals surface area contributed by atoms with E-state index in [2.05, 4.69) is 10.3 Å². The summed E-state index contributed by atoms with van der Waals surface area (Å²) in [5, 5.41) is 3.10. The lowest BCUT2D eigenvalue weighted by molar-refractivity contribution is 0.102. The third kappa shape index (κ3) is 4.30. The van der Waals surface area contributed by atoms with Crippen molar-refractivity contribution in [2.45, 2.75) is 11.8 Å². The average Bonchev–Trinajstić information content (AvgIpc) is 2.80. The third-order valence-corrected chi connectivity index (χ3v) is 7.62. The number of hydrogen-bond donors (Lipinski definition) is 2. The molecular weight excluding hydrogens is 472 g/mol. The molecule has 0 spiro atoms. The summed E-state index contributed by atoms with van der Waals surface area (Å²) in [4.78, 5) is 29.1. The highest BCUT2D eigenvalue weighted by atomic mass is 32.2. The molecule has 2 N–H and O–H groups in total. The second kappa shape index (κ2) is 8.98. The number of hydrogen-bond acceptors (Lipinski definition) is 5. The van der Waals surface area contributed by atoms with Gasteiger partial charge in [0.2, 0.25) is 10.0 Å².